The molecule has 2 N–H and O–H groups in total. The molecule has 5 nitrogen and oxygen atoms in total. The summed E-state index contributed by atoms with van der Waals surface area (Å²) in [5, 5.41) is 6.66. The first kappa shape index (κ1) is 20.4. The van der Waals surface area contributed by atoms with Gasteiger partial charge in [0.25, 0.3) is 11.8 Å². The second kappa shape index (κ2) is 9.67. The van der Waals surface area contributed by atoms with Crippen LogP contribution in [0.1, 0.15) is 17.3 Å². The van der Waals surface area contributed by atoms with Crippen LogP contribution >= 0.6 is 34.8 Å². The van der Waals surface area contributed by atoms with E-state index in [1.807, 2.05) is 0 Å². The molecule has 2 amide bonds. The second-order valence-corrected chi connectivity index (χ2v) is 6.67. The molecule has 0 radical (unpaired) electrons. The third-order valence-corrected chi connectivity index (χ3v) is 4.20. The maximum absolute atomic E-state index is 12.1. The minimum atomic E-state index is -0.686. The molecular weight excluding hydrogens is 399 g/mol. The van der Waals surface area contributed by atoms with Crippen LogP contribution in [0.25, 0.3) is 0 Å². The van der Waals surface area contributed by atoms with Gasteiger partial charge in [0, 0.05) is 23.1 Å². The molecule has 26 heavy (non-hydrogen) atoms. The molecule has 0 heterocycles. The van der Waals surface area contributed by atoms with Crippen molar-refractivity contribution < 1.29 is 14.3 Å². The van der Waals surface area contributed by atoms with Gasteiger partial charge in [0.05, 0.1) is 10.6 Å². The molecule has 0 bridgehead atoms. The minimum Gasteiger partial charge on any atom is -0.481 e. The van der Waals surface area contributed by atoms with Crippen molar-refractivity contribution >= 4 is 46.6 Å². The number of hydrogen-bond acceptors (Lipinski definition) is 3. The number of nitrogens with one attached hydrogen (secondary N) is 2. The Labute approximate surface area is 166 Å². The van der Waals surface area contributed by atoms with E-state index in [1.165, 1.54) is 6.07 Å². The van der Waals surface area contributed by atoms with E-state index < -0.39 is 6.10 Å². The molecule has 2 aromatic carbocycles. The fourth-order valence-corrected chi connectivity index (χ4v) is 2.54. The largest absolute Gasteiger partial charge is 0.481 e. The van der Waals surface area contributed by atoms with Crippen LogP contribution in [0.2, 0.25) is 15.1 Å². The summed E-state index contributed by atoms with van der Waals surface area (Å²) in [5.74, 6) is -0.117. The Morgan fingerprint density at radius 3 is 2.27 bits per heavy atom. The van der Waals surface area contributed by atoms with Crippen LogP contribution in [0.5, 0.6) is 5.75 Å². The molecule has 0 aliphatic carbocycles. The molecule has 0 aliphatic heterocycles. The zero-order valence-electron chi connectivity index (χ0n) is 13.9. The van der Waals surface area contributed by atoms with Crippen molar-refractivity contribution in [3.8, 4) is 5.75 Å². The minimum absolute atomic E-state index is 0.237. The Balaban J connectivity index is 1.74. The summed E-state index contributed by atoms with van der Waals surface area (Å²) in [5.41, 5.74) is 0.282. The smallest absolute Gasteiger partial charge is 0.260 e. The number of ether oxygens (including phenoxy) is 1. The zero-order chi connectivity index (χ0) is 19.1. The van der Waals surface area contributed by atoms with E-state index in [0.717, 1.165) is 0 Å². The van der Waals surface area contributed by atoms with E-state index in [-0.39, 0.29) is 30.5 Å². The molecule has 2 rings (SSSR count). The highest BCUT2D eigenvalue weighted by molar-refractivity contribution is 6.35. The molecule has 8 heteroatoms. The zero-order valence-corrected chi connectivity index (χ0v) is 16.2. The molecule has 2 aromatic rings. The maximum atomic E-state index is 12.1. The number of hydrogen-bond donors (Lipinski definition) is 2. The highest BCUT2D eigenvalue weighted by Gasteiger charge is 2.15. The predicted octanol–water partition coefficient (Wildman–Crippen LogP) is 3.96. The molecule has 138 valence electrons. The van der Waals surface area contributed by atoms with Crippen LogP contribution in [0.15, 0.2) is 42.5 Å². The molecule has 0 aromatic heterocycles. The number of rotatable bonds is 7. The number of halogens is 3. The molecule has 0 fully saturated rings. The molecule has 1 unspecified atom stereocenters. The quantitative estimate of drug-likeness (QED) is 0.673. The Bertz CT molecular complexity index is 782. The highest BCUT2D eigenvalue weighted by atomic mass is 35.5. The van der Waals surface area contributed by atoms with E-state index in [2.05, 4.69) is 10.6 Å². The average molecular weight is 416 g/mol. The summed E-state index contributed by atoms with van der Waals surface area (Å²) < 4.78 is 5.52. The highest BCUT2D eigenvalue weighted by Crippen LogP contribution is 2.20. The average Bonchev–Trinajstić information content (AvgIpc) is 2.62. The van der Waals surface area contributed by atoms with Gasteiger partial charge >= 0.3 is 0 Å². The van der Waals surface area contributed by atoms with Gasteiger partial charge in [-0.1, -0.05) is 34.8 Å². The van der Waals surface area contributed by atoms with Crippen molar-refractivity contribution in [2.24, 2.45) is 0 Å². The number of amides is 2. The van der Waals surface area contributed by atoms with Crippen LogP contribution in [0.3, 0.4) is 0 Å². The van der Waals surface area contributed by atoms with Gasteiger partial charge in [0.2, 0.25) is 0 Å². The lowest BCUT2D eigenvalue weighted by Crippen LogP contribution is -2.40. The van der Waals surface area contributed by atoms with Crippen molar-refractivity contribution in [2.45, 2.75) is 13.0 Å². The van der Waals surface area contributed by atoms with Gasteiger partial charge in [-0.2, -0.15) is 0 Å². The Kier molecular flexibility index (Phi) is 7.57. The van der Waals surface area contributed by atoms with Gasteiger partial charge in [0.1, 0.15) is 5.75 Å². The van der Waals surface area contributed by atoms with Crippen molar-refractivity contribution in [3.63, 3.8) is 0 Å². The van der Waals surface area contributed by atoms with Crippen molar-refractivity contribution in [2.75, 3.05) is 13.1 Å². The van der Waals surface area contributed by atoms with Crippen molar-refractivity contribution in [3.05, 3.63) is 63.1 Å². The Hall–Kier alpha value is -1.95. The standard InChI is InChI=1S/C18H17Cl3N2O3/c1-11(26-14-5-2-12(19)3-6-14)17(24)22-8-9-23-18(25)15-10-13(20)4-7-16(15)21/h2-7,10-11H,8-9H2,1H3,(H,22,24)(H,23,25). The van der Waals surface area contributed by atoms with E-state index >= 15 is 0 Å². The van der Waals surface area contributed by atoms with Crippen LogP contribution in [0.4, 0.5) is 0 Å². The molecule has 0 saturated heterocycles. The molecule has 1 atom stereocenters. The first-order valence-electron chi connectivity index (χ1n) is 7.80. The van der Waals surface area contributed by atoms with Crippen LogP contribution < -0.4 is 15.4 Å². The van der Waals surface area contributed by atoms with Crippen LogP contribution in [-0.4, -0.2) is 31.0 Å². The normalized spacial score (nSPS) is 11.5. The van der Waals surface area contributed by atoms with E-state index in [9.17, 15) is 9.59 Å². The van der Waals surface area contributed by atoms with E-state index in [0.29, 0.717) is 20.8 Å². The van der Waals surface area contributed by atoms with E-state index in [1.54, 1.807) is 43.3 Å². The molecular formula is C18H17Cl3N2O3. The maximum Gasteiger partial charge on any atom is 0.260 e. The SMILES string of the molecule is CC(Oc1ccc(Cl)cc1)C(=O)NCCNC(=O)c1cc(Cl)ccc1Cl. The monoisotopic (exact) mass is 414 g/mol. The second-order valence-electron chi connectivity index (χ2n) is 5.39. The number of carbonyl (C=O) groups is 2. The number of benzene rings is 2. The van der Waals surface area contributed by atoms with Gasteiger partial charge in [-0.3, -0.25) is 9.59 Å². The Morgan fingerprint density at radius 1 is 0.962 bits per heavy atom. The van der Waals surface area contributed by atoms with Crippen molar-refractivity contribution in [1.82, 2.24) is 10.6 Å². The summed E-state index contributed by atoms with van der Waals surface area (Å²) in [6.07, 6.45) is -0.686. The third kappa shape index (κ3) is 6.09. The van der Waals surface area contributed by atoms with Gasteiger partial charge in [-0.15, -0.1) is 0 Å². The number of carbonyl (C=O) groups excluding carboxylic acids is 2. The molecule has 0 spiro atoms. The first-order valence-corrected chi connectivity index (χ1v) is 8.93. The summed E-state index contributed by atoms with van der Waals surface area (Å²) in [7, 11) is 0. The summed E-state index contributed by atoms with van der Waals surface area (Å²) in [6, 6.07) is 11.4. The molecule has 0 aliphatic rings. The van der Waals surface area contributed by atoms with Gasteiger partial charge in [-0.25, -0.2) is 0 Å². The van der Waals surface area contributed by atoms with Gasteiger partial charge in [-0.05, 0) is 49.4 Å². The fourth-order valence-electron chi connectivity index (χ4n) is 2.04. The van der Waals surface area contributed by atoms with Gasteiger partial charge in [0.15, 0.2) is 6.10 Å². The van der Waals surface area contributed by atoms with E-state index in [4.69, 9.17) is 39.5 Å². The Morgan fingerprint density at radius 2 is 1.58 bits per heavy atom. The first-order chi connectivity index (χ1) is 12.4. The fraction of sp³-hybridized carbons (Fsp3) is 0.222. The lowest BCUT2D eigenvalue weighted by Gasteiger charge is -2.15. The van der Waals surface area contributed by atoms with Gasteiger partial charge < -0.3 is 15.4 Å². The lowest BCUT2D eigenvalue weighted by molar-refractivity contribution is -0.127. The summed E-state index contributed by atoms with van der Waals surface area (Å²) >= 11 is 17.6. The van der Waals surface area contributed by atoms with Crippen LogP contribution in [-0.2, 0) is 4.79 Å². The van der Waals surface area contributed by atoms with Crippen molar-refractivity contribution in [1.29, 1.82) is 0 Å². The predicted molar refractivity (Wildman–Crippen MR) is 103 cm³/mol. The van der Waals surface area contributed by atoms with Crippen LogP contribution in [0, 0.1) is 0 Å². The summed E-state index contributed by atoms with van der Waals surface area (Å²) in [6.45, 7) is 2.12. The topological polar surface area (TPSA) is 67.4 Å². The lowest BCUT2D eigenvalue weighted by atomic mass is 10.2. The third-order valence-electron chi connectivity index (χ3n) is 3.38. The molecule has 0 saturated carbocycles. The summed E-state index contributed by atoms with van der Waals surface area (Å²) in [4.78, 5) is 24.1.